The van der Waals surface area contributed by atoms with Gasteiger partial charge in [0.05, 0.1) is 25.7 Å². The van der Waals surface area contributed by atoms with Crippen LogP contribution in [0, 0.1) is 5.92 Å². The van der Waals surface area contributed by atoms with E-state index in [2.05, 4.69) is 4.98 Å². The molecule has 100 valence electrons. The number of pyridine rings is 1. The van der Waals surface area contributed by atoms with E-state index in [0.29, 0.717) is 19.8 Å². The molecule has 0 aromatic carbocycles. The van der Waals surface area contributed by atoms with Crippen LogP contribution in [0.5, 0.6) is 0 Å². The van der Waals surface area contributed by atoms with Crippen LogP contribution in [0.4, 0.5) is 0 Å². The van der Waals surface area contributed by atoms with E-state index in [4.69, 9.17) is 9.47 Å². The summed E-state index contributed by atoms with van der Waals surface area (Å²) in [6, 6.07) is 3.84. The molecule has 4 heteroatoms. The van der Waals surface area contributed by atoms with Crippen molar-refractivity contribution in [2.24, 2.45) is 5.92 Å². The van der Waals surface area contributed by atoms with Crippen LogP contribution in [0.3, 0.4) is 0 Å². The lowest BCUT2D eigenvalue weighted by molar-refractivity contribution is -0.148. The molecule has 4 nitrogen and oxygen atoms in total. The maximum absolute atomic E-state index is 11.4. The van der Waals surface area contributed by atoms with Crippen molar-refractivity contribution in [3.63, 3.8) is 0 Å². The van der Waals surface area contributed by atoms with Crippen molar-refractivity contribution in [3.8, 4) is 0 Å². The minimum atomic E-state index is -0.119. The standard InChI is InChI=1S/C14H21NO3/c1-3-12(2)14(16)18-10-4-9-17-11-13-5-7-15-8-6-13/h5-8,12H,3-4,9-11H2,1-2H3. The smallest absolute Gasteiger partial charge is 0.308 e. The molecule has 0 bridgehead atoms. The summed E-state index contributed by atoms with van der Waals surface area (Å²) in [6.45, 7) is 5.45. The fourth-order valence-corrected chi connectivity index (χ4v) is 1.31. The van der Waals surface area contributed by atoms with Crippen LogP contribution in [-0.2, 0) is 20.9 Å². The molecule has 0 aliphatic carbocycles. The fraction of sp³-hybridized carbons (Fsp3) is 0.571. The van der Waals surface area contributed by atoms with Gasteiger partial charge in [-0.25, -0.2) is 0 Å². The van der Waals surface area contributed by atoms with Gasteiger partial charge in [0.25, 0.3) is 0 Å². The van der Waals surface area contributed by atoms with Gasteiger partial charge in [0, 0.05) is 18.8 Å². The molecule has 1 aromatic rings. The van der Waals surface area contributed by atoms with Crippen molar-refractivity contribution in [1.29, 1.82) is 0 Å². The summed E-state index contributed by atoms with van der Waals surface area (Å²) >= 11 is 0. The highest BCUT2D eigenvalue weighted by molar-refractivity contribution is 5.71. The Morgan fingerprint density at radius 2 is 2.06 bits per heavy atom. The van der Waals surface area contributed by atoms with Crippen molar-refractivity contribution in [2.45, 2.75) is 33.3 Å². The zero-order chi connectivity index (χ0) is 13.2. The van der Waals surface area contributed by atoms with E-state index in [9.17, 15) is 4.79 Å². The van der Waals surface area contributed by atoms with E-state index in [0.717, 1.165) is 18.4 Å². The second-order valence-electron chi connectivity index (χ2n) is 4.24. The Morgan fingerprint density at radius 3 is 2.72 bits per heavy atom. The first-order valence-corrected chi connectivity index (χ1v) is 6.37. The van der Waals surface area contributed by atoms with Crippen molar-refractivity contribution in [2.75, 3.05) is 13.2 Å². The normalized spacial score (nSPS) is 12.1. The zero-order valence-electron chi connectivity index (χ0n) is 11.1. The average Bonchev–Trinajstić information content (AvgIpc) is 2.42. The van der Waals surface area contributed by atoms with Gasteiger partial charge in [0.2, 0.25) is 0 Å². The average molecular weight is 251 g/mol. The van der Waals surface area contributed by atoms with E-state index in [1.165, 1.54) is 0 Å². The van der Waals surface area contributed by atoms with Crippen LogP contribution in [0.15, 0.2) is 24.5 Å². The third-order valence-corrected chi connectivity index (χ3v) is 2.71. The summed E-state index contributed by atoms with van der Waals surface area (Å²) in [4.78, 5) is 15.3. The molecule has 0 radical (unpaired) electrons. The third-order valence-electron chi connectivity index (χ3n) is 2.71. The molecule has 0 amide bonds. The van der Waals surface area contributed by atoms with Crippen molar-refractivity contribution < 1.29 is 14.3 Å². The maximum atomic E-state index is 11.4. The number of carbonyl (C=O) groups is 1. The van der Waals surface area contributed by atoms with Crippen LogP contribution in [-0.4, -0.2) is 24.2 Å². The first-order valence-electron chi connectivity index (χ1n) is 6.37. The Balaban J connectivity index is 2.01. The Hall–Kier alpha value is -1.42. The van der Waals surface area contributed by atoms with Gasteiger partial charge in [0.15, 0.2) is 0 Å². The lowest BCUT2D eigenvalue weighted by atomic mass is 10.1. The van der Waals surface area contributed by atoms with E-state index < -0.39 is 0 Å². The Labute approximate surface area is 108 Å². The van der Waals surface area contributed by atoms with E-state index in [1.54, 1.807) is 12.4 Å². The monoisotopic (exact) mass is 251 g/mol. The highest BCUT2D eigenvalue weighted by Crippen LogP contribution is 2.04. The number of ether oxygens (including phenoxy) is 2. The second kappa shape index (κ2) is 8.64. The van der Waals surface area contributed by atoms with Gasteiger partial charge in [0.1, 0.15) is 0 Å². The number of esters is 1. The Bertz CT molecular complexity index is 340. The van der Waals surface area contributed by atoms with Crippen LogP contribution in [0.2, 0.25) is 0 Å². The van der Waals surface area contributed by atoms with Gasteiger partial charge in [-0.1, -0.05) is 13.8 Å². The predicted molar refractivity (Wildman–Crippen MR) is 68.9 cm³/mol. The number of rotatable bonds is 8. The largest absolute Gasteiger partial charge is 0.465 e. The van der Waals surface area contributed by atoms with E-state index in [1.807, 2.05) is 26.0 Å². The number of hydrogen-bond acceptors (Lipinski definition) is 4. The molecule has 1 atom stereocenters. The summed E-state index contributed by atoms with van der Waals surface area (Å²) in [6.07, 6.45) is 5.03. The van der Waals surface area contributed by atoms with Gasteiger partial charge < -0.3 is 9.47 Å². The summed E-state index contributed by atoms with van der Waals surface area (Å²) in [5, 5.41) is 0. The van der Waals surface area contributed by atoms with Crippen molar-refractivity contribution in [3.05, 3.63) is 30.1 Å². The topological polar surface area (TPSA) is 48.4 Å². The Kier molecular flexibility index (Phi) is 7.03. The third kappa shape index (κ3) is 5.77. The van der Waals surface area contributed by atoms with Gasteiger partial charge in [-0.3, -0.25) is 9.78 Å². The molecule has 0 aliphatic heterocycles. The van der Waals surface area contributed by atoms with Crippen LogP contribution >= 0.6 is 0 Å². The van der Waals surface area contributed by atoms with E-state index in [-0.39, 0.29) is 11.9 Å². The van der Waals surface area contributed by atoms with Crippen LogP contribution in [0.25, 0.3) is 0 Å². The quantitative estimate of drug-likeness (QED) is 0.526. The predicted octanol–water partition coefficient (Wildman–Crippen LogP) is 2.58. The molecule has 1 heterocycles. The first kappa shape index (κ1) is 14.6. The summed E-state index contributed by atoms with van der Waals surface area (Å²) in [5.74, 6) is -0.130. The molecule has 0 aliphatic rings. The van der Waals surface area contributed by atoms with Crippen LogP contribution < -0.4 is 0 Å². The van der Waals surface area contributed by atoms with Gasteiger partial charge in [-0.2, -0.15) is 0 Å². The zero-order valence-corrected chi connectivity index (χ0v) is 11.1. The molecule has 0 saturated heterocycles. The highest BCUT2D eigenvalue weighted by Gasteiger charge is 2.10. The molecule has 0 N–H and O–H groups in total. The van der Waals surface area contributed by atoms with Crippen molar-refractivity contribution >= 4 is 5.97 Å². The fourth-order valence-electron chi connectivity index (χ4n) is 1.31. The van der Waals surface area contributed by atoms with Gasteiger partial charge in [-0.05, 0) is 24.1 Å². The van der Waals surface area contributed by atoms with Crippen LogP contribution in [0.1, 0.15) is 32.3 Å². The van der Waals surface area contributed by atoms with E-state index >= 15 is 0 Å². The molecule has 0 spiro atoms. The lowest BCUT2D eigenvalue weighted by Crippen LogP contribution is -2.15. The molecule has 0 saturated carbocycles. The molecule has 1 rings (SSSR count). The molecule has 0 fully saturated rings. The molecular weight excluding hydrogens is 230 g/mol. The Morgan fingerprint density at radius 1 is 1.33 bits per heavy atom. The minimum absolute atomic E-state index is 0.0114. The molecule has 18 heavy (non-hydrogen) atoms. The highest BCUT2D eigenvalue weighted by atomic mass is 16.5. The number of nitrogens with zero attached hydrogens (tertiary/aromatic N) is 1. The SMILES string of the molecule is CCC(C)C(=O)OCCCOCc1ccncc1. The van der Waals surface area contributed by atoms with Gasteiger partial charge in [-0.15, -0.1) is 0 Å². The number of aromatic nitrogens is 1. The lowest BCUT2D eigenvalue weighted by Gasteiger charge is -2.09. The van der Waals surface area contributed by atoms with Gasteiger partial charge >= 0.3 is 5.97 Å². The minimum Gasteiger partial charge on any atom is -0.465 e. The molecular formula is C14H21NO3. The first-order chi connectivity index (χ1) is 8.74. The molecule has 1 aromatic heterocycles. The number of carbonyl (C=O) groups excluding carboxylic acids is 1. The molecule has 1 unspecified atom stereocenters. The summed E-state index contributed by atoms with van der Waals surface area (Å²) in [5.41, 5.74) is 1.10. The number of hydrogen-bond donors (Lipinski definition) is 0. The summed E-state index contributed by atoms with van der Waals surface area (Å²) < 4.78 is 10.6. The maximum Gasteiger partial charge on any atom is 0.308 e. The second-order valence-corrected chi connectivity index (χ2v) is 4.24. The van der Waals surface area contributed by atoms with Crippen molar-refractivity contribution in [1.82, 2.24) is 4.98 Å². The summed E-state index contributed by atoms with van der Waals surface area (Å²) in [7, 11) is 0.